The Morgan fingerprint density at radius 2 is 0.941 bits per heavy atom. The summed E-state index contributed by atoms with van der Waals surface area (Å²) in [4.78, 5) is 48.8. The third kappa shape index (κ3) is 7.79. The predicted octanol–water partition coefficient (Wildman–Crippen LogP) is 3.78. The first-order chi connectivity index (χ1) is 16.4. The average molecular weight is 481 g/mol. The number of carbonyl (C=O) groups excluding carboxylic acids is 4. The van der Waals surface area contributed by atoms with Crippen LogP contribution >= 0.6 is 0 Å². The van der Waals surface area contributed by atoms with Crippen molar-refractivity contribution in [2.75, 3.05) is 20.3 Å². The summed E-state index contributed by atoms with van der Waals surface area (Å²) in [6.45, 7) is 2.29. The number of esters is 3. The summed E-state index contributed by atoms with van der Waals surface area (Å²) in [5.74, 6) is -0.662. The van der Waals surface area contributed by atoms with Crippen molar-refractivity contribution in [2.45, 2.75) is 96.2 Å². The van der Waals surface area contributed by atoms with Gasteiger partial charge in [-0.2, -0.15) is 0 Å². The lowest BCUT2D eigenvalue weighted by atomic mass is 9.81. The van der Waals surface area contributed by atoms with Crippen LogP contribution in [0.2, 0.25) is 0 Å². The van der Waals surface area contributed by atoms with Crippen molar-refractivity contribution in [3.63, 3.8) is 0 Å². The Kier molecular flexibility index (Phi) is 10.4. The summed E-state index contributed by atoms with van der Waals surface area (Å²) < 4.78 is 21.6. The summed E-state index contributed by atoms with van der Waals surface area (Å²) in [5, 5.41) is 0. The zero-order valence-corrected chi connectivity index (χ0v) is 20.6. The largest absolute Gasteiger partial charge is 0.463 e. The van der Waals surface area contributed by atoms with E-state index in [2.05, 4.69) is 0 Å². The summed E-state index contributed by atoms with van der Waals surface area (Å²) in [7, 11) is 1.56. The highest BCUT2D eigenvalue weighted by Gasteiger charge is 2.35. The van der Waals surface area contributed by atoms with Crippen LogP contribution in [0.15, 0.2) is 0 Å². The first-order valence-corrected chi connectivity index (χ1v) is 12.9. The van der Waals surface area contributed by atoms with Gasteiger partial charge in [0, 0.05) is 13.0 Å². The van der Waals surface area contributed by atoms with E-state index in [1.807, 2.05) is 0 Å². The Bertz CT molecular complexity index is 696. The smallest absolute Gasteiger partial charge is 0.309 e. The van der Waals surface area contributed by atoms with E-state index in [4.69, 9.17) is 18.9 Å². The number of hydrogen-bond donors (Lipinski definition) is 0. The van der Waals surface area contributed by atoms with Gasteiger partial charge in [0.2, 0.25) is 0 Å². The van der Waals surface area contributed by atoms with E-state index in [1.165, 1.54) is 0 Å². The molecule has 0 heterocycles. The lowest BCUT2D eigenvalue weighted by Gasteiger charge is -2.32. The van der Waals surface area contributed by atoms with Gasteiger partial charge in [-0.15, -0.1) is 0 Å². The van der Waals surface area contributed by atoms with Crippen LogP contribution in [0.3, 0.4) is 0 Å². The fourth-order valence-corrected chi connectivity index (χ4v) is 5.43. The van der Waals surface area contributed by atoms with Gasteiger partial charge in [0.25, 0.3) is 0 Å². The summed E-state index contributed by atoms with van der Waals surface area (Å²) in [6.07, 6.45) is 8.08. The molecule has 0 spiro atoms. The number of ether oxygens (including phenoxy) is 4. The molecule has 0 aromatic carbocycles. The topological polar surface area (TPSA) is 105 Å². The first kappa shape index (κ1) is 26.6. The van der Waals surface area contributed by atoms with Gasteiger partial charge in [0.15, 0.2) is 0 Å². The molecule has 0 aliphatic heterocycles. The standard InChI is InChI=1S/C26H40O8/c1-17(27)18-7-11-22(12-8-18)33-25(29)20-3-5-21(6-4-20)26(30)34-23-13-9-19(10-14-23)24(28)32-16-15-31-2/h18-23H,3-16H2,1-2H3. The minimum atomic E-state index is -0.195. The van der Waals surface area contributed by atoms with Crippen LogP contribution in [0, 0.1) is 23.7 Å². The molecule has 0 radical (unpaired) electrons. The normalized spacial score (nSPS) is 31.8. The van der Waals surface area contributed by atoms with Gasteiger partial charge in [-0.3, -0.25) is 19.2 Å². The summed E-state index contributed by atoms with van der Waals surface area (Å²) in [5.41, 5.74) is 0. The molecule has 3 fully saturated rings. The molecule has 0 unspecified atom stereocenters. The number of Topliss-reactive ketones (excluding diaryl/α,β-unsaturated/α-hetero) is 1. The summed E-state index contributed by atoms with van der Waals surface area (Å²) in [6, 6.07) is 0. The molecule has 0 bridgehead atoms. The molecule has 3 saturated carbocycles. The zero-order valence-electron chi connectivity index (χ0n) is 20.6. The number of hydrogen-bond acceptors (Lipinski definition) is 8. The minimum Gasteiger partial charge on any atom is -0.463 e. The lowest BCUT2D eigenvalue weighted by molar-refractivity contribution is -0.164. The molecule has 3 rings (SSSR count). The van der Waals surface area contributed by atoms with E-state index in [1.54, 1.807) is 14.0 Å². The highest BCUT2D eigenvalue weighted by atomic mass is 16.6. The molecule has 0 saturated heterocycles. The molecule has 192 valence electrons. The molecule has 3 aliphatic rings. The summed E-state index contributed by atoms with van der Waals surface area (Å²) >= 11 is 0. The SMILES string of the molecule is COCCOC(=O)C1CCC(OC(=O)C2CCC(C(=O)OC3CCC(C(C)=O)CC3)CC2)CC1. The maximum Gasteiger partial charge on any atom is 0.309 e. The van der Waals surface area contributed by atoms with Gasteiger partial charge < -0.3 is 18.9 Å². The van der Waals surface area contributed by atoms with E-state index in [-0.39, 0.29) is 66.2 Å². The fraction of sp³-hybridized carbons (Fsp3) is 0.846. The van der Waals surface area contributed by atoms with Crippen molar-refractivity contribution < 1.29 is 38.1 Å². The molecular weight excluding hydrogens is 440 g/mol. The molecule has 0 N–H and O–H groups in total. The Hall–Kier alpha value is -1.96. The van der Waals surface area contributed by atoms with Gasteiger partial charge >= 0.3 is 17.9 Å². The maximum atomic E-state index is 12.7. The highest BCUT2D eigenvalue weighted by molar-refractivity contribution is 5.78. The lowest BCUT2D eigenvalue weighted by Crippen LogP contribution is -2.34. The van der Waals surface area contributed by atoms with Crippen LogP contribution < -0.4 is 0 Å². The van der Waals surface area contributed by atoms with Gasteiger partial charge in [0.05, 0.1) is 24.4 Å². The average Bonchev–Trinajstić information content (AvgIpc) is 2.85. The third-order valence-electron chi connectivity index (χ3n) is 7.75. The van der Waals surface area contributed by atoms with Crippen molar-refractivity contribution in [3.05, 3.63) is 0 Å². The van der Waals surface area contributed by atoms with Crippen molar-refractivity contribution >= 4 is 23.7 Å². The Balaban J connectivity index is 1.31. The first-order valence-electron chi connectivity index (χ1n) is 12.9. The second-order valence-corrected chi connectivity index (χ2v) is 10.1. The van der Waals surface area contributed by atoms with Gasteiger partial charge in [-0.25, -0.2) is 0 Å². The number of methoxy groups -OCH3 is 1. The van der Waals surface area contributed by atoms with Crippen molar-refractivity contribution in [2.24, 2.45) is 23.7 Å². The van der Waals surface area contributed by atoms with E-state index in [0.717, 1.165) is 25.7 Å². The maximum absolute atomic E-state index is 12.7. The van der Waals surface area contributed by atoms with Crippen LogP contribution in [0.25, 0.3) is 0 Å². The molecule has 0 atom stereocenters. The van der Waals surface area contributed by atoms with Crippen molar-refractivity contribution in [3.8, 4) is 0 Å². The van der Waals surface area contributed by atoms with Crippen LogP contribution in [-0.4, -0.2) is 56.2 Å². The molecule has 8 nitrogen and oxygen atoms in total. The Morgan fingerprint density at radius 3 is 1.35 bits per heavy atom. The Morgan fingerprint density at radius 1 is 0.559 bits per heavy atom. The monoisotopic (exact) mass is 480 g/mol. The molecule has 0 aromatic rings. The molecule has 0 amide bonds. The zero-order chi connectivity index (χ0) is 24.5. The molecule has 34 heavy (non-hydrogen) atoms. The van der Waals surface area contributed by atoms with Crippen LogP contribution in [0.4, 0.5) is 0 Å². The van der Waals surface area contributed by atoms with Crippen LogP contribution in [-0.2, 0) is 38.1 Å². The van der Waals surface area contributed by atoms with Gasteiger partial charge in [-0.05, 0) is 84.0 Å². The molecule has 3 aliphatic carbocycles. The van der Waals surface area contributed by atoms with Crippen molar-refractivity contribution in [1.29, 1.82) is 0 Å². The number of rotatable bonds is 9. The predicted molar refractivity (Wildman–Crippen MR) is 123 cm³/mol. The minimum absolute atomic E-state index is 0.0850. The Labute approximate surface area is 202 Å². The van der Waals surface area contributed by atoms with Gasteiger partial charge in [-0.1, -0.05) is 0 Å². The second kappa shape index (κ2) is 13.2. The number of ketones is 1. The molecule has 8 heteroatoms. The van der Waals surface area contributed by atoms with E-state index in [0.29, 0.717) is 58.0 Å². The molecular formula is C26H40O8. The number of carbonyl (C=O) groups is 4. The van der Waals surface area contributed by atoms with Crippen LogP contribution in [0.1, 0.15) is 84.0 Å². The highest BCUT2D eigenvalue weighted by Crippen LogP contribution is 2.34. The van der Waals surface area contributed by atoms with E-state index < -0.39 is 0 Å². The fourth-order valence-electron chi connectivity index (χ4n) is 5.43. The van der Waals surface area contributed by atoms with Gasteiger partial charge in [0.1, 0.15) is 24.6 Å². The van der Waals surface area contributed by atoms with Crippen molar-refractivity contribution in [1.82, 2.24) is 0 Å². The van der Waals surface area contributed by atoms with E-state index >= 15 is 0 Å². The third-order valence-corrected chi connectivity index (χ3v) is 7.75. The second-order valence-electron chi connectivity index (χ2n) is 10.1. The van der Waals surface area contributed by atoms with Crippen LogP contribution in [0.5, 0.6) is 0 Å². The molecule has 0 aromatic heterocycles. The van der Waals surface area contributed by atoms with E-state index in [9.17, 15) is 19.2 Å². The quantitative estimate of drug-likeness (QED) is 0.279.